The number of amides is 1. The van der Waals surface area contributed by atoms with Crippen molar-refractivity contribution in [2.24, 2.45) is 0 Å². The second-order valence-corrected chi connectivity index (χ2v) is 7.72. The van der Waals surface area contributed by atoms with Gasteiger partial charge >= 0.3 is 0 Å². The zero-order chi connectivity index (χ0) is 17.9. The molecule has 2 aromatic rings. The van der Waals surface area contributed by atoms with E-state index in [1.807, 2.05) is 30.0 Å². The first-order valence-corrected chi connectivity index (χ1v) is 10.1. The Kier molecular flexibility index (Phi) is 5.17. The van der Waals surface area contributed by atoms with Gasteiger partial charge in [0.25, 0.3) is 0 Å². The molecule has 7 heteroatoms. The van der Waals surface area contributed by atoms with Crippen LogP contribution in [0.15, 0.2) is 30.3 Å². The summed E-state index contributed by atoms with van der Waals surface area (Å²) in [6, 6.07) is 10.1. The summed E-state index contributed by atoms with van der Waals surface area (Å²) in [5.74, 6) is 1.09. The Labute approximate surface area is 158 Å². The second kappa shape index (κ2) is 7.72. The van der Waals surface area contributed by atoms with Crippen LogP contribution in [0.1, 0.15) is 30.3 Å². The summed E-state index contributed by atoms with van der Waals surface area (Å²) in [5, 5.41) is 0.990. The van der Waals surface area contributed by atoms with Crippen LogP contribution in [0.25, 0.3) is 0 Å². The Hall–Kier alpha value is -1.99. The van der Waals surface area contributed by atoms with E-state index < -0.39 is 0 Å². The molecule has 0 aliphatic carbocycles. The van der Waals surface area contributed by atoms with E-state index in [0.717, 1.165) is 68.6 Å². The highest BCUT2D eigenvalue weighted by molar-refractivity contribution is 7.09. The fourth-order valence-corrected chi connectivity index (χ4v) is 4.57. The molecule has 3 heterocycles. The Morgan fingerprint density at radius 1 is 1.04 bits per heavy atom. The molecule has 1 amide bonds. The molecular formula is C19H25N5OS. The van der Waals surface area contributed by atoms with Crippen LogP contribution in [0.3, 0.4) is 0 Å². The van der Waals surface area contributed by atoms with Crippen molar-refractivity contribution < 1.29 is 4.79 Å². The zero-order valence-electron chi connectivity index (χ0n) is 15.2. The summed E-state index contributed by atoms with van der Waals surface area (Å²) in [6.45, 7) is 7.20. The maximum Gasteiger partial charge on any atom is 0.244 e. The molecule has 1 aromatic carbocycles. The van der Waals surface area contributed by atoms with E-state index in [1.165, 1.54) is 11.5 Å². The number of likely N-dealkylation sites (tertiary alicyclic amines) is 1. The lowest BCUT2D eigenvalue weighted by Crippen LogP contribution is -2.51. The van der Waals surface area contributed by atoms with Gasteiger partial charge in [0.05, 0.1) is 0 Å². The molecule has 0 radical (unpaired) electrons. The van der Waals surface area contributed by atoms with E-state index in [4.69, 9.17) is 0 Å². The Morgan fingerprint density at radius 3 is 2.35 bits per heavy atom. The first kappa shape index (κ1) is 17.4. The van der Waals surface area contributed by atoms with E-state index >= 15 is 0 Å². The lowest BCUT2D eigenvalue weighted by molar-refractivity contribution is -0.136. The highest BCUT2D eigenvalue weighted by Gasteiger charge is 2.34. The molecule has 26 heavy (non-hydrogen) atoms. The molecular weight excluding hydrogens is 346 g/mol. The highest BCUT2D eigenvalue weighted by atomic mass is 32.1. The van der Waals surface area contributed by atoms with Crippen LogP contribution in [0.4, 0.5) is 5.13 Å². The first-order chi connectivity index (χ1) is 12.7. The fourth-order valence-electron chi connectivity index (χ4n) is 3.84. The lowest BCUT2D eigenvalue weighted by Gasteiger charge is -2.39. The van der Waals surface area contributed by atoms with Crippen molar-refractivity contribution in [1.29, 1.82) is 0 Å². The number of benzene rings is 1. The van der Waals surface area contributed by atoms with Gasteiger partial charge in [0.1, 0.15) is 11.9 Å². The number of carbonyl (C=O) groups excluding carboxylic acids is 1. The molecule has 0 N–H and O–H groups in total. The maximum absolute atomic E-state index is 13.3. The summed E-state index contributed by atoms with van der Waals surface area (Å²) in [5.41, 5.74) is 1.10. The SMILES string of the molecule is Cc1nsc(N2CCN([C@H](C(=O)N3CCCC3)c3ccccc3)CC2)n1. The van der Waals surface area contributed by atoms with E-state index in [-0.39, 0.29) is 11.9 Å². The van der Waals surface area contributed by atoms with Gasteiger partial charge in [-0.3, -0.25) is 9.69 Å². The van der Waals surface area contributed by atoms with E-state index in [9.17, 15) is 4.79 Å². The molecule has 2 fully saturated rings. The molecule has 2 aliphatic heterocycles. The smallest absolute Gasteiger partial charge is 0.244 e. The average Bonchev–Trinajstić information content (AvgIpc) is 3.35. The van der Waals surface area contributed by atoms with Crippen LogP contribution in [-0.2, 0) is 4.79 Å². The predicted molar refractivity (Wildman–Crippen MR) is 103 cm³/mol. The number of carbonyl (C=O) groups is 1. The summed E-state index contributed by atoms with van der Waals surface area (Å²) in [7, 11) is 0. The topological polar surface area (TPSA) is 52.6 Å². The van der Waals surface area contributed by atoms with Gasteiger partial charge in [-0.1, -0.05) is 30.3 Å². The van der Waals surface area contributed by atoms with Crippen molar-refractivity contribution in [3.05, 3.63) is 41.7 Å². The molecule has 0 bridgehead atoms. The number of piperazine rings is 1. The van der Waals surface area contributed by atoms with Crippen LogP contribution >= 0.6 is 11.5 Å². The Bertz CT molecular complexity index is 735. The minimum Gasteiger partial charge on any atom is -0.344 e. The third-order valence-electron chi connectivity index (χ3n) is 5.23. The van der Waals surface area contributed by atoms with Crippen LogP contribution in [0.5, 0.6) is 0 Å². The van der Waals surface area contributed by atoms with Crippen molar-refractivity contribution in [2.45, 2.75) is 25.8 Å². The molecule has 1 aromatic heterocycles. The van der Waals surface area contributed by atoms with Gasteiger partial charge in [-0.2, -0.15) is 4.37 Å². The molecule has 1 atom stereocenters. The van der Waals surface area contributed by atoms with Crippen LogP contribution in [0, 0.1) is 6.92 Å². The molecule has 138 valence electrons. The first-order valence-electron chi connectivity index (χ1n) is 9.35. The van der Waals surface area contributed by atoms with E-state index in [1.54, 1.807) is 0 Å². The fraction of sp³-hybridized carbons (Fsp3) is 0.526. The maximum atomic E-state index is 13.3. The summed E-state index contributed by atoms with van der Waals surface area (Å²) >= 11 is 1.46. The van der Waals surface area contributed by atoms with Crippen LogP contribution in [-0.4, -0.2) is 64.3 Å². The van der Waals surface area contributed by atoms with Gasteiger partial charge in [-0.15, -0.1) is 0 Å². The van der Waals surface area contributed by atoms with Gasteiger partial charge in [0.2, 0.25) is 11.0 Å². The summed E-state index contributed by atoms with van der Waals surface area (Å²) in [6.07, 6.45) is 2.24. The van der Waals surface area contributed by atoms with Gasteiger partial charge in [-0.05, 0) is 25.3 Å². The van der Waals surface area contributed by atoms with Gasteiger partial charge < -0.3 is 9.80 Å². The second-order valence-electron chi connectivity index (χ2n) is 6.99. The summed E-state index contributed by atoms with van der Waals surface area (Å²) < 4.78 is 4.29. The minimum absolute atomic E-state index is 0.174. The number of aromatic nitrogens is 2. The van der Waals surface area contributed by atoms with Gasteiger partial charge in [-0.25, -0.2) is 4.98 Å². The van der Waals surface area contributed by atoms with Crippen molar-refractivity contribution in [2.75, 3.05) is 44.2 Å². The Morgan fingerprint density at radius 2 is 1.73 bits per heavy atom. The monoisotopic (exact) mass is 371 g/mol. The normalized spacial score (nSPS) is 19.7. The number of hydrogen-bond donors (Lipinski definition) is 0. The molecule has 2 saturated heterocycles. The molecule has 0 unspecified atom stereocenters. The third-order valence-corrected chi connectivity index (χ3v) is 6.10. The number of nitrogens with zero attached hydrogens (tertiary/aromatic N) is 5. The van der Waals surface area contributed by atoms with E-state index in [2.05, 4.69) is 31.3 Å². The molecule has 2 aliphatic rings. The van der Waals surface area contributed by atoms with Gasteiger partial charge in [0.15, 0.2) is 0 Å². The molecule has 4 rings (SSSR count). The summed E-state index contributed by atoms with van der Waals surface area (Å²) in [4.78, 5) is 24.4. The number of rotatable bonds is 4. The molecule has 0 saturated carbocycles. The minimum atomic E-state index is -0.174. The van der Waals surface area contributed by atoms with Crippen molar-refractivity contribution in [1.82, 2.24) is 19.2 Å². The van der Waals surface area contributed by atoms with Crippen molar-refractivity contribution in [3.63, 3.8) is 0 Å². The van der Waals surface area contributed by atoms with Crippen LogP contribution in [0.2, 0.25) is 0 Å². The largest absolute Gasteiger partial charge is 0.344 e. The predicted octanol–water partition coefficient (Wildman–Crippen LogP) is 2.33. The molecule has 6 nitrogen and oxygen atoms in total. The van der Waals surface area contributed by atoms with E-state index in [0.29, 0.717) is 0 Å². The quantitative estimate of drug-likeness (QED) is 0.826. The van der Waals surface area contributed by atoms with Crippen LogP contribution < -0.4 is 4.90 Å². The standard InChI is InChI=1S/C19H25N5OS/c1-15-20-19(26-21-15)24-13-11-22(12-14-24)17(16-7-3-2-4-8-16)18(25)23-9-5-6-10-23/h2-4,7-8,17H,5-6,9-14H2,1H3/t17-/m0/s1. The molecule has 0 spiro atoms. The van der Waals surface area contributed by atoms with Crippen molar-refractivity contribution >= 4 is 22.6 Å². The number of anilines is 1. The Balaban J connectivity index is 1.50. The highest BCUT2D eigenvalue weighted by Crippen LogP contribution is 2.28. The van der Waals surface area contributed by atoms with Gasteiger partial charge in [0, 0.05) is 50.8 Å². The van der Waals surface area contributed by atoms with Crippen molar-refractivity contribution in [3.8, 4) is 0 Å². The third kappa shape index (κ3) is 3.59. The zero-order valence-corrected chi connectivity index (χ0v) is 16.0. The average molecular weight is 372 g/mol. The lowest BCUT2D eigenvalue weighted by atomic mass is 10.0. The number of aryl methyl sites for hydroxylation is 1. The number of hydrogen-bond acceptors (Lipinski definition) is 6.